The van der Waals surface area contributed by atoms with Crippen molar-refractivity contribution >= 4 is 5.95 Å². The van der Waals surface area contributed by atoms with Crippen molar-refractivity contribution in [2.75, 3.05) is 32.2 Å². The van der Waals surface area contributed by atoms with Gasteiger partial charge < -0.3 is 24.3 Å². The molecule has 2 aromatic rings. The Hall–Kier alpha value is -2.06. The Morgan fingerprint density at radius 2 is 2.21 bits per heavy atom. The number of imidazole rings is 1. The fourth-order valence-corrected chi connectivity index (χ4v) is 2.84. The van der Waals surface area contributed by atoms with Crippen molar-refractivity contribution in [3.05, 3.63) is 24.3 Å². The fraction of sp³-hybridized carbons (Fsp3) is 0.625. The molecule has 3 rings (SSSR count). The van der Waals surface area contributed by atoms with E-state index < -0.39 is 0 Å². The maximum absolute atomic E-state index is 6.03. The minimum Gasteiger partial charge on any atom is -0.483 e. The van der Waals surface area contributed by atoms with E-state index in [9.17, 15) is 0 Å². The molecule has 0 aliphatic carbocycles. The summed E-state index contributed by atoms with van der Waals surface area (Å²) in [5.41, 5.74) is 1.13. The molecule has 0 radical (unpaired) electrons. The lowest BCUT2D eigenvalue weighted by Gasteiger charge is -2.20. The molecule has 2 atom stereocenters. The van der Waals surface area contributed by atoms with E-state index in [4.69, 9.17) is 9.47 Å². The molecule has 0 unspecified atom stereocenters. The van der Waals surface area contributed by atoms with Crippen LogP contribution in [0.3, 0.4) is 0 Å². The van der Waals surface area contributed by atoms with Crippen molar-refractivity contribution in [2.24, 2.45) is 7.05 Å². The van der Waals surface area contributed by atoms with E-state index in [1.807, 2.05) is 43.1 Å². The first-order valence-corrected chi connectivity index (χ1v) is 8.26. The molecule has 0 saturated carbocycles. The maximum atomic E-state index is 6.03. The third-order valence-electron chi connectivity index (χ3n) is 4.25. The summed E-state index contributed by atoms with van der Waals surface area (Å²) in [6.07, 6.45) is 5.56. The van der Waals surface area contributed by atoms with Crippen molar-refractivity contribution in [3.8, 4) is 5.75 Å². The van der Waals surface area contributed by atoms with Gasteiger partial charge in [-0.2, -0.15) is 5.10 Å². The van der Waals surface area contributed by atoms with Crippen LogP contribution in [0.15, 0.2) is 18.6 Å². The summed E-state index contributed by atoms with van der Waals surface area (Å²) in [5.74, 6) is 1.73. The topological polar surface area (TPSA) is 69.4 Å². The first kappa shape index (κ1) is 16.8. The Bertz CT molecular complexity index is 665. The van der Waals surface area contributed by atoms with Crippen LogP contribution in [0, 0.1) is 0 Å². The predicted octanol–water partition coefficient (Wildman–Crippen LogP) is 0.639. The van der Waals surface area contributed by atoms with Gasteiger partial charge in [-0.25, -0.2) is 4.98 Å². The Balaban J connectivity index is 1.58. The van der Waals surface area contributed by atoms with Crippen LogP contribution in [-0.2, 0) is 24.9 Å². The molecule has 0 aromatic carbocycles. The lowest BCUT2D eigenvalue weighted by atomic mass is 10.2. The van der Waals surface area contributed by atoms with Crippen LogP contribution in [0.25, 0.3) is 0 Å². The Kier molecular flexibility index (Phi) is 5.06. The van der Waals surface area contributed by atoms with Crippen LogP contribution in [0.4, 0.5) is 5.95 Å². The highest BCUT2D eigenvalue weighted by Gasteiger charge is 2.30. The van der Waals surface area contributed by atoms with Gasteiger partial charge in [0.05, 0.1) is 43.5 Å². The van der Waals surface area contributed by atoms with Gasteiger partial charge in [-0.05, 0) is 6.92 Å². The summed E-state index contributed by atoms with van der Waals surface area (Å²) in [6.45, 7) is 4.84. The van der Waals surface area contributed by atoms with Gasteiger partial charge >= 0.3 is 0 Å². The second-order valence-electron chi connectivity index (χ2n) is 6.22. The van der Waals surface area contributed by atoms with Gasteiger partial charge in [-0.3, -0.25) is 4.68 Å². The van der Waals surface area contributed by atoms with E-state index in [2.05, 4.69) is 26.9 Å². The highest BCUT2D eigenvalue weighted by molar-refractivity contribution is 5.30. The van der Waals surface area contributed by atoms with Crippen LogP contribution in [0.1, 0.15) is 12.6 Å². The van der Waals surface area contributed by atoms with Gasteiger partial charge in [-0.1, -0.05) is 0 Å². The average Bonchev–Trinajstić information content (AvgIpc) is 3.26. The highest BCUT2D eigenvalue weighted by atomic mass is 16.5. The van der Waals surface area contributed by atoms with Gasteiger partial charge in [0.2, 0.25) is 5.95 Å². The number of hydrogen-bond donors (Lipinski definition) is 1. The molecule has 24 heavy (non-hydrogen) atoms. The number of nitrogens with one attached hydrogen (secondary N) is 1. The zero-order valence-electron chi connectivity index (χ0n) is 14.8. The summed E-state index contributed by atoms with van der Waals surface area (Å²) in [4.78, 5) is 6.43. The molecule has 3 heterocycles. The quantitative estimate of drug-likeness (QED) is 0.801. The predicted molar refractivity (Wildman–Crippen MR) is 91.3 cm³/mol. The van der Waals surface area contributed by atoms with E-state index in [1.54, 1.807) is 6.20 Å². The lowest BCUT2D eigenvalue weighted by Crippen LogP contribution is -2.41. The molecule has 1 aliphatic rings. The molecule has 0 amide bonds. The van der Waals surface area contributed by atoms with Crippen LogP contribution in [-0.4, -0.2) is 58.8 Å². The Morgan fingerprint density at radius 1 is 1.38 bits per heavy atom. The van der Waals surface area contributed by atoms with Crippen molar-refractivity contribution in [2.45, 2.75) is 32.2 Å². The first-order chi connectivity index (χ1) is 11.6. The maximum Gasteiger partial charge on any atom is 0.204 e. The average molecular weight is 334 g/mol. The molecule has 1 N–H and O–H groups in total. The molecule has 1 aliphatic heterocycles. The van der Waals surface area contributed by atoms with Gasteiger partial charge in [0, 0.05) is 34.2 Å². The van der Waals surface area contributed by atoms with E-state index in [0.29, 0.717) is 13.2 Å². The monoisotopic (exact) mass is 334 g/mol. The zero-order valence-corrected chi connectivity index (χ0v) is 14.8. The standard InChI is InChI=1S/C16H26N6O2/c1-5-22-9-13(8-19-22)24-15-11-23-10-14(15)17-6-12-7-18-16(20(2)3)21(12)4/h7-9,14-15,17H,5-6,10-11H2,1-4H3/t14-,15+/m0/s1. The summed E-state index contributed by atoms with van der Waals surface area (Å²) < 4.78 is 15.6. The summed E-state index contributed by atoms with van der Waals surface area (Å²) in [5, 5.41) is 7.77. The third-order valence-corrected chi connectivity index (χ3v) is 4.25. The molecule has 0 bridgehead atoms. The van der Waals surface area contributed by atoms with Crippen molar-refractivity contribution in [1.29, 1.82) is 0 Å². The van der Waals surface area contributed by atoms with E-state index in [-0.39, 0.29) is 12.1 Å². The first-order valence-electron chi connectivity index (χ1n) is 8.26. The largest absolute Gasteiger partial charge is 0.483 e. The lowest BCUT2D eigenvalue weighted by molar-refractivity contribution is 0.139. The van der Waals surface area contributed by atoms with Gasteiger partial charge in [0.15, 0.2) is 5.75 Å². The second kappa shape index (κ2) is 7.23. The van der Waals surface area contributed by atoms with Crippen LogP contribution in [0.5, 0.6) is 5.75 Å². The SMILES string of the molecule is CCn1cc(O[C@@H]2COC[C@@H]2NCc2cnc(N(C)C)n2C)cn1. The van der Waals surface area contributed by atoms with Crippen LogP contribution >= 0.6 is 0 Å². The molecule has 1 saturated heterocycles. The summed E-state index contributed by atoms with van der Waals surface area (Å²) >= 11 is 0. The number of rotatable bonds is 7. The Labute approximate surface area is 142 Å². The molecule has 1 fully saturated rings. The smallest absolute Gasteiger partial charge is 0.204 e. The number of ether oxygens (including phenoxy) is 2. The van der Waals surface area contributed by atoms with Crippen LogP contribution < -0.4 is 15.0 Å². The van der Waals surface area contributed by atoms with Crippen molar-refractivity contribution < 1.29 is 9.47 Å². The normalized spacial score (nSPS) is 20.5. The fourth-order valence-electron chi connectivity index (χ4n) is 2.84. The van der Waals surface area contributed by atoms with Gasteiger partial charge in [0.25, 0.3) is 0 Å². The molecular weight excluding hydrogens is 308 g/mol. The molecule has 8 nitrogen and oxygen atoms in total. The number of anilines is 1. The molecule has 8 heteroatoms. The van der Waals surface area contributed by atoms with Crippen molar-refractivity contribution in [1.82, 2.24) is 24.6 Å². The van der Waals surface area contributed by atoms with E-state index in [0.717, 1.165) is 30.5 Å². The molecular formula is C16H26N6O2. The highest BCUT2D eigenvalue weighted by Crippen LogP contribution is 2.17. The molecule has 132 valence electrons. The van der Waals surface area contributed by atoms with Crippen LogP contribution in [0.2, 0.25) is 0 Å². The summed E-state index contributed by atoms with van der Waals surface area (Å²) in [6, 6.07) is 0.146. The van der Waals surface area contributed by atoms with E-state index >= 15 is 0 Å². The number of aryl methyl sites for hydroxylation is 1. The minimum atomic E-state index is -0.0129. The molecule has 2 aromatic heterocycles. The summed E-state index contributed by atoms with van der Waals surface area (Å²) in [7, 11) is 6.01. The van der Waals surface area contributed by atoms with E-state index in [1.165, 1.54) is 0 Å². The zero-order chi connectivity index (χ0) is 17.1. The number of nitrogens with zero attached hydrogens (tertiary/aromatic N) is 5. The minimum absolute atomic E-state index is 0.0129. The van der Waals surface area contributed by atoms with Crippen molar-refractivity contribution in [3.63, 3.8) is 0 Å². The van der Waals surface area contributed by atoms with Gasteiger partial charge in [-0.15, -0.1) is 0 Å². The van der Waals surface area contributed by atoms with Gasteiger partial charge in [0.1, 0.15) is 6.10 Å². The third kappa shape index (κ3) is 3.54. The number of hydrogen-bond acceptors (Lipinski definition) is 6. The Morgan fingerprint density at radius 3 is 2.88 bits per heavy atom. The second-order valence-corrected chi connectivity index (χ2v) is 6.22. The number of aromatic nitrogens is 4. The molecule has 0 spiro atoms.